The summed E-state index contributed by atoms with van der Waals surface area (Å²) < 4.78 is 30.1. The van der Waals surface area contributed by atoms with Crippen LogP contribution in [0, 0.1) is 6.92 Å². The number of rotatable bonds is 11. The van der Waals surface area contributed by atoms with Crippen LogP contribution < -0.4 is 9.62 Å². The van der Waals surface area contributed by atoms with Crippen molar-refractivity contribution in [3.8, 4) is 0 Å². The number of anilines is 1. The maximum atomic E-state index is 14.6. The molecule has 0 bridgehead atoms. The van der Waals surface area contributed by atoms with Crippen molar-refractivity contribution in [2.24, 2.45) is 0 Å². The van der Waals surface area contributed by atoms with E-state index in [2.05, 4.69) is 21.2 Å². The Morgan fingerprint density at radius 2 is 1.48 bits per heavy atom. The summed E-state index contributed by atoms with van der Waals surface area (Å²) in [6.07, 6.45) is 0.165. The van der Waals surface area contributed by atoms with Crippen LogP contribution in [0.2, 0.25) is 10.0 Å². The van der Waals surface area contributed by atoms with E-state index in [1.807, 2.05) is 58.0 Å². The van der Waals surface area contributed by atoms with E-state index in [0.717, 1.165) is 15.4 Å². The molecule has 7 nitrogen and oxygen atoms in total. The van der Waals surface area contributed by atoms with Crippen LogP contribution in [-0.4, -0.2) is 43.3 Å². The average Bonchev–Trinajstić information content (AvgIpc) is 2.98. The van der Waals surface area contributed by atoms with Crippen molar-refractivity contribution < 1.29 is 18.0 Å². The summed E-state index contributed by atoms with van der Waals surface area (Å²) in [5.41, 5.74) is 1.81. The molecular weight excluding hydrogens is 709 g/mol. The Labute approximate surface area is 289 Å². The van der Waals surface area contributed by atoms with E-state index in [4.69, 9.17) is 23.2 Å². The van der Waals surface area contributed by atoms with Crippen molar-refractivity contribution in [2.75, 3.05) is 10.8 Å². The lowest BCUT2D eigenvalue weighted by atomic mass is 10.0. The van der Waals surface area contributed by atoms with Gasteiger partial charge in [0.05, 0.1) is 10.6 Å². The minimum atomic E-state index is -4.23. The standard InChI is InChI=1S/C35H36BrCl2N3O4S/c1-24-16-18-28(19-17-24)46(44,45)41(27-13-8-12-26(36)21-27)23-33(42)40(22-29-30(37)14-9-15-31(29)38)32(34(43)39-35(2,3)4)20-25-10-6-5-7-11-25/h5-19,21,32H,20,22-23H2,1-4H3,(H,39,43). The number of aryl methyl sites for hydroxylation is 1. The first-order valence-electron chi connectivity index (χ1n) is 14.6. The second-order valence-electron chi connectivity index (χ2n) is 12.0. The lowest BCUT2D eigenvalue weighted by Crippen LogP contribution is -2.56. The molecule has 0 aromatic heterocycles. The van der Waals surface area contributed by atoms with Gasteiger partial charge >= 0.3 is 0 Å². The molecule has 0 aliphatic heterocycles. The number of nitrogens with zero attached hydrogens (tertiary/aromatic N) is 2. The smallest absolute Gasteiger partial charge is 0.264 e. The van der Waals surface area contributed by atoms with Crippen molar-refractivity contribution in [3.05, 3.63) is 128 Å². The summed E-state index contributed by atoms with van der Waals surface area (Å²) in [6.45, 7) is 6.69. The SMILES string of the molecule is Cc1ccc(S(=O)(=O)N(CC(=O)N(Cc2c(Cl)cccc2Cl)C(Cc2ccccc2)C(=O)NC(C)(C)C)c2cccc(Br)c2)cc1. The fraction of sp³-hybridized carbons (Fsp3) is 0.257. The highest BCUT2D eigenvalue weighted by atomic mass is 79.9. The van der Waals surface area contributed by atoms with Gasteiger partial charge in [0.2, 0.25) is 11.8 Å². The van der Waals surface area contributed by atoms with Crippen LogP contribution >= 0.6 is 39.1 Å². The van der Waals surface area contributed by atoms with Gasteiger partial charge in [0.1, 0.15) is 12.6 Å². The monoisotopic (exact) mass is 743 g/mol. The Kier molecular flexibility index (Phi) is 11.6. The molecular formula is C35H36BrCl2N3O4S. The van der Waals surface area contributed by atoms with E-state index in [9.17, 15) is 18.0 Å². The number of hydrogen-bond donors (Lipinski definition) is 1. The Bertz CT molecular complexity index is 1780. The van der Waals surface area contributed by atoms with Gasteiger partial charge < -0.3 is 10.2 Å². The number of amides is 2. The third kappa shape index (κ3) is 9.12. The summed E-state index contributed by atoms with van der Waals surface area (Å²) in [7, 11) is -4.23. The maximum Gasteiger partial charge on any atom is 0.264 e. The Balaban J connectivity index is 1.85. The molecule has 0 aliphatic carbocycles. The van der Waals surface area contributed by atoms with Gasteiger partial charge in [-0.2, -0.15) is 0 Å². The van der Waals surface area contributed by atoms with Crippen LogP contribution in [0.3, 0.4) is 0 Å². The van der Waals surface area contributed by atoms with Gasteiger partial charge in [0.25, 0.3) is 10.0 Å². The molecule has 4 rings (SSSR count). The quantitative estimate of drug-likeness (QED) is 0.170. The van der Waals surface area contributed by atoms with E-state index in [1.165, 1.54) is 17.0 Å². The van der Waals surface area contributed by atoms with Gasteiger partial charge in [0.15, 0.2) is 0 Å². The fourth-order valence-electron chi connectivity index (χ4n) is 4.86. The van der Waals surface area contributed by atoms with Gasteiger partial charge in [-0.3, -0.25) is 13.9 Å². The largest absolute Gasteiger partial charge is 0.350 e. The lowest BCUT2D eigenvalue weighted by molar-refractivity contribution is -0.140. The van der Waals surface area contributed by atoms with E-state index in [1.54, 1.807) is 54.6 Å². The van der Waals surface area contributed by atoms with Crippen molar-refractivity contribution in [1.82, 2.24) is 10.2 Å². The van der Waals surface area contributed by atoms with Gasteiger partial charge in [-0.15, -0.1) is 0 Å². The zero-order valence-electron chi connectivity index (χ0n) is 26.0. The zero-order valence-corrected chi connectivity index (χ0v) is 29.9. The highest BCUT2D eigenvalue weighted by molar-refractivity contribution is 9.10. The summed E-state index contributed by atoms with van der Waals surface area (Å²) >= 11 is 16.6. The second kappa shape index (κ2) is 15.0. The molecule has 0 heterocycles. The zero-order chi connectivity index (χ0) is 33.6. The molecule has 0 saturated carbocycles. The van der Waals surface area contributed by atoms with E-state index in [0.29, 0.717) is 20.1 Å². The van der Waals surface area contributed by atoms with Gasteiger partial charge in [0, 0.05) is 38.6 Å². The van der Waals surface area contributed by atoms with Crippen LogP contribution in [0.1, 0.15) is 37.5 Å². The molecule has 1 N–H and O–H groups in total. The number of halogens is 3. The van der Waals surface area contributed by atoms with E-state index < -0.39 is 40.0 Å². The Morgan fingerprint density at radius 1 is 0.870 bits per heavy atom. The van der Waals surface area contributed by atoms with Crippen LogP contribution in [0.4, 0.5) is 5.69 Å². The molecule has 4 aromatic carbocycles. The van der Waals surface area contributed by atoms with Crippen molar-refractivity contribution in [3.63, 3.8) is 0 Å². The molecule has 46 heavy (non-hydrogen) atoms. The minimum absolute atomic E-state index is 0.0258. The number of benzene rings is 4. The van der Waals surface area contributed by atoms with Crippen LogP contribution in [0.5, 0.6) is 0 Å². The van der Waals surface area contributed by atoms with Crippen molar-refractivity contribution in [2.45, 2.75) is 57.1 Å². The highest BCUT2D eigenvalue weighted by Gasteiger charge is 2.36. The van der Waals surface area contributed by atoms with Crippen LogP contribution in [0.25, 0.3) is 0 Å². The Morgan fingerprint density at radius 3 is 2.07 bits per heavy atom. The van der Waals surface area contributed by atoms with Crippen LogP contribution in [-0.2, 0) is 32.6 Å². The number of sulfonamides is 1. The molecule has 1 atom stereocenters. The van der Waals surface area contributed by atoms with Crippen molar-refractivity contribution >= 4 is 66.7 Å². The maximum absolute atomic E-state index is 14.6. The molecule has 0 aliphatic rings. The van der Waals surface area contributed by atoms with Crippen LogP contribution in [0.15, 0.2) is 106 Å². The molecule has 0 fully saturated rings. The predicted octanol–water partition coefficient (Wildman–Crippen LogP) is 7.81. The summed E-state index contributed by atoms with van der Waals surface area (Å²) in [4.78, 5) is 30.0. The molecule has 1 unspecified atom stereocenters. The number of carbonyl (C=O) groups excluding carboxylic acids is 2. The van der Waals surface area contributed by atoms with Gasteiger partial charge in [-0.1, -0.05) is 99.3 Å². The molecule has 0 radical (unpaired) electrons. The summed E-state index contributed by atoms with van der Waals surface area (Å²) in [5.74, 6) is -1.01. The number of nitrogens with one attached hydrogen (secondary N) is 1. The van der Waals surface area contributed by atoms with E-state index >= 15 is 0 Å². The molecule has 11 heteroatoms. The first-order valence-corrected chi connectivity index (χ1v) is 17.6. The second-order valence-corrected chi connectivity index (χ2v) is 15.6. The topological polar surface area (TPSA) is 86.8 Å². The van der Waals surface area contributed by atoms with Gasteiger partial charge in [-0.25, -0.2) is 8.42 Å². The highest BCUT2D eigenvalue weighted by Crippen LogP contribution is 2.30. The molecule has 2 amide bonds. The molecule has 4 aromatic rings. The molecule has 242 valence electrons. The van der Waals surface area contributed by atoms with Crippen molar-refractivity contribution in [1.29, 1.82) is 0 Å². The minimum Gasteiger partial charge on any atom is -0.350 e. The Hall–Kier alpha value is -3.37. The van der Waals surface area contributed by atoms with Gasteiger partial charge in [-0.05, 0) is 75.7 Å². The third-order valence-electron chi connectivity index (χ3n) is 7.14. The fourth-order valence-corrected chi connectivity index (χ4v) is 7.17. The lowest BCUT2D eigenvalue weighted by Gasteiger charge is -2.35. The molecule has 0 saturated heterocycles. The number of carbonyl (C=O) groups is 2. The first-order chi connectivity index (χ1) is 21.7. The normalized spacial score (nSPS) is 12.3. The molecule has 0 spiro atoms. The van der Waals surface area contributed by atoms with E-state index in [-0.39, 0.29) is 23.5 Å². The number of hydrogen-bond acceptors (Lipinski definition) is 4. The predicted molar refractivity (Wildman–Crippen MR) is 189 cm³/mol. The summed E-state index contributed by atoms with van der Waals surface area (Å²) in [5, 5.41) is 3.64. The first kappa shape index (κ1) is 35.5. The average molecular weight is 746 g/mol. The summed E-state index contributed by atoms with van der Waals surface area (Å²) in [6, 6.07) is 26.4. The third-order valence-corrected chi connectivity index (χ3v) is 10.1.